The number of rotatable bonds is 8. The van der Waals surface area contributed by atoms with E-state index in [0.717, 1.165) is 18.5 Å². The Hall–Kier alpha value is -0.980. The molecule has 0 heterocycles. The van der Waals surface area contributed by atoms with Crippen LogP contribution in [0.2, 0.25) is 0 Å². The zero-order valence-electron chi connectivity index (χ0n) is 12.2. The van der Waals surface area contributed by atoms with E-state index in [-0.39, 0.29) is 10.8 Å². The minimum absolute atomic E-state index is 0.169. The van der Waals surface area contributed by atoms with Crippen molar-refractivity contribution in [3.63, 3.8) is 0 Å². The van der Waals surface area contributed by atoms with Crippen molar-refractivity contribution in [1.82, 2.24) is 10.0 Å². The standard InChI is InChI=1S/C14H23FN2O2S/c1-4-7-16-10-12-5-6-13(15)14(8-12)20(18,19)17-9-11(2)3/h5-6,8,11,16-17H,4,7,9-10H2,1-3H3. The summed E-state index contributed by atoms with van der Waals surface area (Å²) in [7, 11) is -3.79. The molecule has 0 bridgehead atoms. The number of sulfonamides is 1. The topological polar surface area (TPSA) is 58.2 Å². The zero-order valence-corrected chi connectivity index (χ0v) is 13.1. The van der Waals surface area contributed by atoms with Gasteiger partial charge in [0, 0.05) is 13.1 Å². The lowest BCUT2D eigenvalue weighted by molar-refractivity contribution is 0.542. The van der Waals surface area contributed by atoms with E-state index >= 15 is 0 Å². The van der Waals surface area contributed by atoms with E-state index in [0.29, 0.717) is 13.1 Å². The molecule has 6 heteroatoms. The Kier molecular flexibility index (Phi) is 6.58. The van der Waals surface area contributed by atoms with Gasteiger partial charge in [-0.15, -0.1) is 0 Å². The molecule has 0 fully saturated rings. The van der Waals surface area contributed by atoms with Gasteiger partial charge in [0.1, 0.15) is 10.7 Å². The first-order valence-electron chi connectivity index (χ1n) is 6.85. The van der Waals surface area contributed by atoms with Gasteiger partial charge in [-0.25, -0.2) is 17.5 Å². The van der Waals surface area contributed by atoms with E-state index in [2.05, 4.69) is 10.0 Å². The fourth-order valence-corrected chi connectivity index (χ4v) is 2.97. The molecule has 0 radical (unpaired) electrons. The largest absolute Gasteiger partial charge is 0.313 e. The van der Waals surface area contributed by atoms with Crippen LogP contribution in [0.3, 0.4) is 0 Å². The lowest BCUT2D eigenvalue weighted by Crippen LogP contribution is -2.28. The lowest BCUT2D eigenvalue weighted by atomic mass is 10.2. The van der Waals surface area contributed by atoms with Gasteiger partial charge in [-0.05, 0) is 36.6 Å². The van der Waals surface area contributed by atoms with Crippen molar-refractivity contribution in [2.24, 2.45) is 5.92 Å². The van der Waals surface area contributed by atoms with Crippen molar-refractivity contribution in [2.75, 3.05) is 13.1 Å². The van der Waals surface area contributed by atoms with Crippen LogP contribution in [0, 0.1) is 11.7 Å². The van der Waals surface area contributed by atoms with Crippen molar-refractivity contribution >= 4 is 10.0 Å². The molecule has 0 aliphatic carbocycles. The van der Waals surface area contributed by atoms with Gasteiger partial charge in [-0.3, -0.25) is 0 Å². The average molecular weight is 302 g/mol. The summed E-state index contributed by atoms with van der Waals surface area (Å²) in [6.07, 6.45) is 0.988. The fraction of sp³-hybridized carbons (Fsp3) is 0.571. The molecule has 20 heavy (non-hydrogen) atoms. The SMILES string of the molecule is CCCNCc1ccc(F)c(S(=O)(=O)NCC(C)C)c1. The molecule has 1 aromatic rings. The Morgan fingerprint density at radius 3 is 2.60 bits per heavy atom. The van der Waals surface area contributed by atoms with Crippen LogP contribution >= 0.6 is 0 Å². The third-order valence-electron chi connectivity index (χ3n) is 2.72. The Bertz CT molecular complexity index is 530. The fourth-order valence-electron chi connectivity index (χ4n) is 1.63. The second-order valence-corrected chi connectivity index (χ2v) is 6.92. The highest BCUT2D eigenvalue weighted by Crippen LogP contribution is 2.16. The number of hydrogen-bond acceptors (Lipinski definition) is 3. The smallest absolute Gasteiger partial charge is 0.243 e. The summed E-state index contributed by atoms with van der Waals surface area (Å²) in [5, 5.41) is 3.16. The first-order chi connectivity index (χ1) is 9.36. The molecule has 2 N–H and O–H groups in total. The first kappa shape index (κ1) is 17.1. The Labute approximate surface area is 120 Å². The molecule has 0 amide bonds. The molecule has 0 spiro atoms. The minimum atomic E-state index is -3.79. The third kappa shape index (κ3) is 5.19. The molecule has 0 atom stereocenters. The monoisotopic (exact) mass is 302 g/mol. The van der Waals surface area contributed by atoms with Gasteiger partial charge in [0.15, 0.2) is 0 Å². The van der Waals surface area contributed by atoms with Gasteiger partial charge in [-0.1, -0.05) is 26.8 Å². The molecule has 0 saturated carbocycles. The summed E-state index contributed by atoms with van der Waals surface area (Å²) < 4.78 is 40.3. The van der Waals surface area contributed by atoms with Gasteiger partial charge in [0.2, 0.25) is 10.0 Å². The normalized spacial score (nSPS) is 12.1. The Morgan fingerprint density at radius 1 is 1.30 bits per heavy atom. The average Bonchev–Trinajstić information content (AvgIpc) is 2.38. The van der Waals surface area contributed by atoms with Crippen LogP contribution in [0.4, 0.5) is 4.39 Å². The highest BCUT2D eigenvalue weighted by Gasteiger charge is 2.19. The predicted octanol–water partition coefficient (Wildman–Crippen LogP) is 2.26. The number of halogens is 1. The second kappa shape index (κ2) is 7.71. The van der Waals surface area contributed by atoms with Crippen molar-refractivity contribution in [3.8, 4) is 0 Å². The van der Waals surface area contributed by atoms with Gasteiger partial charge in [-0.2, -0.15) is 0 Å². The molecule has 0 unspecified atom stereocenters. The second-order valence-electron chi connectivity index (χ2n) is 5.19. The van der Waals surface area contributed by atoms with Crippen LogP contribution in [0.15, 0.2) is 23.1 Å². The molecular formula is C14H23FN2O2S. The molecule has 4 nitrogen and oxygen atoms in total. The molecule has 114 valence electrons. The number of nitrogens with one attached hydrogen (secondary N) is 2. The minimum Gasteiger partial charge on any atom is -0.313 e. The van der Waals surface area contributed by atoms with Crippen molar-refractivity contribution in [2.45, 2.75) is 38.6 Å². The summed E-state index contributed by atoms with van der Waals surface area (Å²) in [4.78, 5) is -0.283. The Morgan fingerprint density at radius 2 is 2.00 bits per heavy atom. The molecule has 0 aliphatic heterocycles. The maximum Gasteiger partial charge on any atom is 0.243 e. The number of hydrogen-bond donors (Lipinski definition) is 2. The van der Waals surface area contributed by atoms with Crippen LogP contribution in [-0.4, -0.2) is 21.5 Å². The van der Waals surface area contributed by atoms with Gasteiger partial charge in [0.05, 0.1) is 0 Å². The summed E-state index contributed by atoms with van der Waals surface area (Å²) >= 11 is 0. The zero-order chi connectivity index (χ0) is 15.2. The Balaban J connectivity index is 2.89. The predicted molar refractivity (Wildman–Crippen MR) is 78.4 cm³/mol. The maximum absolute atomic E-state index is 13.7. The van der Waals surface area contributed by atoms with Crippen LogP contribution in [-0.2, 0) is 16.6 Å². The summed E-state index contributed by atoms with van der Waals surface area (Å²) in [5.41, 5.74) is 0.754. The quantitative estimate of drug-likeness (QED) is 0.724. The van der Waals surface area contributed by atoms with Gasteiger partial charge in [0.25, 0.3) is 0 Å². The molecule has 0 aromatic heterocycles. The molecular weight excluding hydrogens is 279 g/mol. The van der Waals surface area contributed by atoms with Crippen molar-refractivity contribution < 1.29 is 12.8 Å². The lowest BCUT2D eigenvalue weighted by Gasteiger charge is -2.11. The summed E-state index contributed by atoms with van der Waals surface area (Å²) in [6, 6.07) is 4.19. The van der Waals surface area contributed by atoms with E-state index in [1.807, 2.05) is 20.8 Å². The van der Waals surface area contributed by atoms with Crippen LogP contribution in [0.25, 0.3) is 0 Å². The van der Waals surface area contributed by atoms with Crippen molar-refractivity contribution in [1.29, 1.82) is 0 Å². The molecule has 0 saturated heterocycles. The van der Waals surface area contributed by atoms with E-state index in [1.54, 1.807) is 6.07 Å². The summed E-state index contributed by atoms with van der Waals surface area (Å²) in [5.74, 6) is -0.553. The third-order valence-corrected chi connectivity index (χ3v) is 4.16. The maximum atomic E-state index is 13.7. The number of benzene rings is 1. The highest BCUT2D eigenvalue weighted by atomic mass is 32.2. The molecule has 1 aromatic carbocycles. The van der Waals surface area contributed by atoms with Gasteiger partial charge >= 0.3 is 0 Å². The van der Waals surface area contributed by atoms with Crippen LogP contribution in [0.1, 0.15) is 32.8 Å². The van der Waals surface area contributed by atoms with Crippen molar-refractivity contribution in [3.05, 3.63) is 29.6 Å². The van der Waals surface area contributed by atoms with Gasteiger partial charge < -0.3 is 5.32 Å². The first-order valence-corrected chi connectivity index (χ1v) is 8.34. The molecule has 1 rings (SSSR count). The molecule has 0 aliphatic rings. The van der Waals surface area contributed by atoms with E-state index in [9.17, 15) is 12.8 Å². The van der Waals surface area contributed by atoms with E-state index in [1.165, 1.54) is 12.1 Å². The van der Waals surface area contributed by atoms with E-state index < -0.39 is 15.8 Å². The van der Waals surface area contributed by atoms with E-state index in [4.69, 9.17) is 0 Å². The summed E-state index contributed by atoms with van der Waals surface area (Å²) in [6.45, 7) is 7.49. The van der Waals surface area contributed by atoms with Crippen LogP contribution < -0.4 is 10.0 Å². The highest BCUT2D eigenvalue weighted by molar-refractivity contribution is 7.89. The van der Waals surface area contributed by atoms with Crippen LogP contribution in [0.5, 0.6) is 0 Å².